The van der Waals surface area contributed by atoms with Crippen molar-refractivity contribution in [1.82, 2.24) is 10.2 Å². The molecule has 15 heavy (non-hydrogen) atoms. The van der Waals surface area contributed by atoms with Gasteiger partial charge in [0.1, 0.15) is 0 Å². The minimum atomic E-state index is 0.289. The van der Waals surface area contributed by atoms with Crippen molar-refractivity contribution in [1.29, 1.82) is 0 Å². The molecule has 1 fully saturated rings. The summed E-state index contributed by atoms with van der Waals surface area (Å²) in [6.45, 7) is 12.9. The van der Waals surface area contributed by atoms with Gasteiger partial charge in [0.2, 0.25) is 0 Å². The molecule has 90 valence electrons. The zero-order valence-electron chi connectivity index (χ0n) is 11.0. The number of nitrogens with one attached hydrogen (secondary N) is 1. The first-order valence-electron chi connectivity index (χ1n) is 6.58. The Labute approximate surface area is 95.4 Å². The van der Waals surface area contributed by atoms with Gasteiger partial charge in [-0.1, -0.05) is 20.3 Å². The van der Waals surface area contributed by atoms with Crippen molar-refractivity contribution in [2.75, 3.05) is 19.6 Å². The van der Waals surface area contributed by atoms with Gasteiger partial charge >= 0.3 is 0 Å². The van der Waals surface area contributed by atoms with Crippen LogP contribution < -0.4 is 5.32 Å². The second-order valence-electron chi connectivity index (χ2n) is 5.49. The van der Waals surface area contributed by atoms with E-state index in [1.165, 1.54) is 45.3 Å². The van der Waals surface area contributed by atoms with Crippen LogP contribution >= 0.6 is 0 Å². The number of nitrogens with zero attached hydrogens (tertiary/aromatic N) is 1. The molecule has 0 saturated carbocycles. The third kappa shape index (κ3) is 4.12. The highest BCUT2D eigenvalue weighted by atomic mass is 15.2. The summed E-state index contributed by atoms with van der Waals surface area (Å²) in [5, 5.41) is 3.63. The molecular formula is C13H28N2. The lowest BCUT2D eigenvalue weighted by molar-refractivity contribution is 0.156. The fraction of sp³-hybridized carbons (Fsp3) is 1.00. The minimum Gasteiger partial charge on any atom is -0.310 e. The maximum absolute atomic E-state index is 3.63. The average Bonchev–Trinajstić information content (AvgIpc) is 2.35. The van der Waals surface area contributed by atoms with E-state index >= 15 is 0 Å². The Morgan fingerprint density at radius 2 is 2.07 bits per heavy atom. The van der Waals surface area contributed by atoms with Crippen LogP contribution in [0.5, 0.6) is 0 Å². The molecule has 1 N–H and O–H groups in total. The summed E-state index contributed by atoms with van der Waals surface area (Å²) in [6, 6.07) is 0.800. The molecular weight excluding hydrogens is 184 g/mol. The Kier molecular flexibility index (Phi) is 5.07. The summed E-state index contributed by atoms with van der Waals surface area (Å²) < 4.78 is 0. The van der Waals surface area contributed by atoms with E-state index in [-0.39, 0.29) is 5.54 Å². The van der Waals surface area contributed by atoms with Crippen LogP contribution in [0.4, 0.5) is 0 Å². The average molecular weight is 212 g/mol. The van der Waals surface area contributed by atoms with Gasteiger partial charge < -0.3 is 5.32 Å². The van der Waals surface area contributed by atoms with E-state index in [4.69, 9.17) is 0 Å². The smallest absolute Gasteiger partial charge is 0.0252 e. The highest BCUT2D eigenvalue weighted by Gasteiger charge is 2.27. The molecule has 1 aliphatic heterocycles. The van der Waals surface area contributed by atoms with E-state index in [2.05, 4.69) is 37.9 Å². The summed E-state index contributed by atoms with van der Waals surface area (Å²) in [4.78, 5) is 2.70. The largest absolute Gasteiger partial charge is 0.310 e. The number of hydrogen-bond acceptors (Lipinski definition) is 2. The molecule has 0 aromatic carbocycles. The van der Waals surface area contributed by atoms with Gasteiger partial charge in [0.05, 0.1) is 0 Å². The maximum atomic E-state index is 3.63. The van der Waals surface area contributed by atoms with Crippen molar-refractivity contribution in [2.45, 2.75) is 65.0 Å². The van der Waals surface area contributed by atoms with Crippen LogP contribution in [0.25, 0.3) is 0 Å². The third-order valence-electron chi connectivity index (χ3n) is 3.43. The van der Waals surface area contributed by atoms with Gasteiger partial charge in [-0.3, -0.25) is 4.90 Å². The SMILES string of the molecule is CCCC(CC)N1CCCNC(C)(C)C1. The molecule has 0 aromatic rings. The van der Waals surface area contributed by atoms with Crippen molar-refractivity contribution in [3.05, 3.63) is 0 Å². The van der Waals surface area contributed by atoms with Gasteiger partial charge in [-0.25, -0.2) is 0 Å². The predicted octanol–water partition coefficient (Wildman–Crippen LogP) is 2.64. The molecule has 0 amide bonds. The van der Waals surface area contributed by atoms with Gasteiger partial charge in [0.15, 0.2) is 0 Å². The first kappa shape index (κ1) is 13.0. The molecule has 1 heterocycles. The number of hydrogen-bond donors (Lipinski definition) is 1. The zero-order valence-corrected chi connectivity index (χ0v) is 11.0. The van der Waals surface area contributed by atoms with E-state index in [0.29, 0.717) is 0 Å². The summed E-state index contributed by atoms with van der Waals surface area (Å²) in [6.07, 6.45) is 5.25. The van der Waals surface area contributed by atoms with Crippen LogP contribution in [0.15, 0.2) is 0 Å². The molecule has 2 heteroatoms. The molecule has 0 spiro atoms. The van der Waals surface area contributed by atoms with E-state index in [0.717, 1.165) is 6.04 Å². The van der Waals surface area contributed by atoms with Crippen LogP contribution in [-0.2, 0) is 0 Å². The first-order chi connectivity index (χ1) is 7.09. The molecule has 1 aliphatic rings. The topological polar surface area (TPSA) is 15.3 Å². The Morgan fingerprint density at radius 1 is 1.33 bits per heavy atom. The Hall–Kier alpha value is -0.0800. The molecule has 0 bridgehead atoms. The monoisotopic (exact) mass is 212 g/mol. The Bertz CT molecular complexity index is 177. The fourth-order valence-corrected chi connectivity index (χ4v) is 2.64. The van der Waals surface area contributed by atoms with Crippen LogP contribution in [-0.4, -0.2) is 36.1 Å². The van der Waals surface area contributed by atoms with Crippen LogP contribution in [0, 0.1) is 0 Å². The van der Waals surface area contributed by atoms with Gasteiger partial charge in [-0.05, 0) is 46.2 Å². The van der Waals surface area contributed by atoms with Crippen molar-refractivity contribution in [2.24, 2.45) is 0 Å². The van der Waals surface area contributed by atoms with Gasteiger partial charge in [0.25, 0.3) is 0 Å². The molecule has 1 rings (SSSR count). The molecule has 2 nitrogen and oxygen atoms in total. The lowest BCUT2D eigenvalue weighted by Crippen LogP contribution is -2.49. The van der Waals surface area contributed by atoms with Crippen LogP contribution in [0.2, 0.25) is 0 Å². The summed E-state index contributed by atoms with van der Waals surface area (Å²) in [7, 11) is 0. The Morgan fingerprint density at radius 3 is 2.67 bits per heavy atom. The number of rotatable bonds is 4. The first-order valence-corrected chi connectivity index (χ1v) is 6.58. The Balaban J connectivity index is 2.57. The molecule has 0 radical (unpaired) electrons. The summed E-state index contributed by atoms with van der Waals surface area (Å²) >= 11 is 0. The zero-order chi connectivity index (χ0) is 11.3. The molecule has 1 saturated heterocycles. The standard InChI is InChI=1S/C13H28N2/c1-5-8-12(6-2)15-10-7-9-14-13(3,4)11-15/h12,14H,5-11H2,1-4H3. The second kappa shape index (κ2) is 5.86. The van der Waals surface area contributed by atoms with Crippen molar-refractivity contribution in [3.63, 3.8) is 0 Å². The molecule has 1 unspecified atom stereocenters. The summed E-state index contributed by atoms with van der Waals surface area (Å²) in [5.41, 5.74) is 0.289. The van der Waals surface area contributed by atoms with E-state index < -0.39 is 0 Å². The van der Waals surface area contributed by atoms with Gasteiger partial charge in [-0.15, -0.1) is 0 Å². The van der Waals surface area contributed by atoms with Crippen molar-refractivity contribution >= 4 is 0 Å². The van der Waals surface area contributed by atoms with Gasteiger partial charge in [0, 0.05) is 18.1 Å². The lowest BCUT2D eigenvalue weighted by Gasteiger charge is -2.35. The van der Waals surface area contributed by atoms with Crippen molar-refractivity contribution < 1.29 is 0 Å². The van der Waals surface area contributed by atoms with Crippen molar-refractivity contribution in [3.8, 4) is 0 Å². The highest BCUT2D eigenvalue weighted by Crippen LogP contribution is 2.17. The normalized spacial score (nSPS) is 24.8. The van der Waals surface area contributed by atoms with E-state index in [1.54, 1.807) is 0 Å². The molecule has 0 aromatic heterocycles. The predicted molar refractivity (Wildman–Crippen MR) is 67.3 cm³/mol. The lowest BCUT2D eigenvalue weighted by atomic mass is 10.0. The summed E-state index contributed by atoms with van der Waals surface area (Å²) in [5.74, 6) is 0. The quantitative estimate of drug-likeness (QED) is 0.770. The maximum Gasteiger partial charge on any atom is 0.0252 e. The molecule has 0 aliphatic carbocycles. The minimum absolute atomic E-state index is 0.289. The van der Waals surface area contributed by atoms with Crippen LogP contribution in [0.3, 0.4) is 0 Å². The van der Waals surface area contributed by atoms with E-state index in [1.807, 2.05) is 0 Å². The molecule has 1 atom stereocenters. The van der Waals surface area contributed by atoms with E-state index in [9.17, 15) is 0 Å². The fourth-order valence-electron chi connectivity index (χ4n) is 2.64. The highest BCUT2D eigenvalue weighted by molar-refractivity contribution is 4.87. The van der Waals surface area contributed by atoms with Gasteiger partial charge in [-0.2, -0.15) is 0 Å². The van der Waals surface area contributed by atoms with Crippen LogP contribution in [0.1, 0.15) is 53.4 Å². The second-order valence-corrected chi connectivity index (χ2v) is 5.49. The third-order valence-corrected chi connectivity index (χ3v) is 3.43.